The fourth-order valence-corrected chi connectivity index (χ4v) is 2.72. The highest BCUT2D eigenvalue weighted by atomic mass is 79.9. The molecule has 20 heavy (non-hydrogen) atoms. The molecule has 2 aromatic heterocycles. The SMILES string of the molecule is CN(Cc1cn(C)c2ccccc12)c1ccc(Br)cn1. The molecule has 1 aromatic carbocycles. The summed E-state index contributed by atoms with van der Waals surface area (Å²) in [7, 11) is 4.15. The van der Waals surface area contributed by atoms with Crippen molar-refractivity contribution in [3.8, 4) is 0 Å². The molecule has 0 aliphatic carbocycles. The Balaban J connectivity index is 1.91. The van der Waals surface area contributed by atoms with Gasteiger partial charge in [0, 0.05) is 48.4 Å². The van der Waals surface area contributed by atoms with E-state index in [0.717, 1.165) is 16.8 Å². The molecule has 0 saturated carbocycles. The molecule has 0 N–H and O–H groups in total. The first-order valence-corrected chi connectivity index (χ1v) is 7.30. The number of benzene rings is 1. The minimum Gasteiger partial charge on any atom is -0.355 e. The molecule has 0 radical (unpaired) electrons. The van der Waals surface area contributed by atoms with E-state index in [-0.39, 0.29) is 0 Å². The van der Waals surface area contributed by atoms with Gasteiger partial charge in [-0.15, -0.1) is 0 Å². The van der Waals surface area contributed by atoms with Gasteiger partial charge in [0.15, 0.2) is 0 Å². The molecule has 2 heterocycles. The zero-order chi connectivity index (χ0) is 14.1. The Kier molecular flexibility index (Phi) is 3.49. The molecule has 0 aliphatic rings. The van der Waals surface area contributed by atoms with Crippen LogP contribution in [-0.4, -0.2) is 16.6 Å². The van der Waals surface area contributed by atoms with Gasteiger partial charge < -0.3 is 9.47 Å². The summed E-state index contributed by atoms with van der Waals surface area (Å²) in [4.78, 5) is 6.59. The van der Waals surface area contributed by atoms with Crippen LogP contribution in [0.1, 0.15) is 5.56 Å². The van der Waals surface area contributed by atoms with Crippen LogP contribution in [0.15, 0.2) is 53.3 Å². The summed E-state index contributed by atoms with van der Waals surface area (Å²) in [6.07, 6.45) is 4.02. The average Bonchev–Trinajstić information content (AvgIpc) is 2.77. The lowest BCUT2D eigenvalue weighted by Crippen LogP contribution is -2.17. The summed E-state index contributed by atoms with van der Waals surface area (Å²) in [6.45, 7) is 0.843. The van der Waals surface area contributed by atoms with Gasteiger partial charge >= 0.3 is 0 Å². The highest BCUT2D eigenvalue weighted by Gasteiger charge is 2.09. The van der Waals surface area contributed by atoms with Gasteiger partial charge in [0.2, 0.25) is 0 Å². The molecule has 0 spiro atoms. The smallest absolute Gasteiger partial charge is 0.128 e. The van der Waals surface area contributed by atoms with E-state index in [1.54, 1.807) is 0 Å². The van der Waals surface area contributed by atoms with Gasteiger partial charge in [-0.2, -0.15) is 0 Å². The lowest BCUT2D eigenvalue weighted by molar-refractivity contribution is 0.886. The molecule has 0 bridgehead atoms. The van der Waals surface area contributed by atoms with Gasteiger partial charge in [0.25, 0.3) is 0 Å². The fraction of sp³-hybridized carbons (Fsp3) is 0.188. The third-order valence-corrected chi connectivity index (χ3v) is 3.96. The van der Waals surface area contributed by atoms with Crippen molar-refractivity contribution < 1.29 is 0 Å². The number of anilines is 1. The van der Waals surface area contributed by atoms with Gasteiger partial charge in [-0.1, -0.05) is 18.2 Å². The Bertz CT molecular complexity index is 731. The Morgan fingerprint density at radius 3 is 2.75 bits per heavy atom. The molecule has 3 nitrogen and oxygen atoms in total. The van der Waals surface area contributed by atoms with Gasteiger partial charge in [0.05, 0.1) is 0 Å². The van der Waals surface area contributed by atoms with Crippen LogP contribution in [0.3, 0.4) is 0 Å². The number of aryl methyl sites for hydroxylation is 1. The largest absolute Gasteiger partial charge is 0.355 e. The van der Waals surface area contributed by atoms with E-state index in [1.165, 1.54) is 16.5 Å². The van der Waals surface area contributed by atoms with E-state index >= 15 is 0 Å². The molecule has 4 heteroatoms. The summed E-state index contributed by atoms with van der Waals surface area (Å²) in [6, 6.07) is 12.5. The standard InChI is InChI=1S/C16H16BrN3/c1-19-10-12(14-5-3-4-6-15(14)19)11-20(2)16-8-7-13(17)9-18-16/h3-10H,11H2,1-2H3. The maximum atomic E-state index is 4.43. The van der Waals surface area contributed by atoms with Gasteiger partial charge in [-0.25, -0.2) is 4.98 Å². The van der Waals surface area contributed by atoms with Crippen molar-refractivity contribution in [3.05, 3.63) is 58.8 Å². The first-order valence-electron chi connectivity index (χ1n) is 6.51. The second-order valence-electron chi connectivity index (χ2n) is 4.97. The zero-order valence-corrected chi connectivity index (χ0v) is 13.1. The summed E-state index contributed by atoms with van der Waals surface area (Å²) in [5.74, 6) is 0.973. The number of para-hydroxylation sites is 1. The minimum atomic E-state index is 0.843. The molecule has 0 amide bonds. The zero-order valence-electron chi connectivity index (χ0n) is 11.5. The number of fused-ring (bicyclic) bond motifs is 1. The number of halogens is 1. The summed E-state index contributed by atoms with van der Waals surface area (Å²) >= 11 is 3.41. The van der Waals surface area contributed by atoms with Crippen LogP contribution in [-0.2, 0) is 13.6 Å². The second-order valence-corrected chi connectivity index (χ2v) is 5.89. The third kappa shape index (κ3) is 2.43. The van der Waals surface area contributed by atoms with Crippen molar-refractivity contribution in [1.82, 2.24) is 9.55 Å². The van der Waals surface area contributed by atoms with Crippen LogP contribution in [0.5, 0.6) is 0 Å². The highest BCUT2D eigenvalue weighted by molar-refractivity contribution is 9.10. The summed E-state index contributed by atoms with van der Waals surface area (Å²) in [5, 5.41) is 1.30. The summed E-state index contributed by atoms with van der Waals surface area (Å²) < 4.78 is 3.17. The third-order valence-electron chi connectivity index (χ3n) is 3.49. The van der Waals surface area contributed by atoms with E-state index in [1.807, 2.05) is 18.3 Å². The quantitative estimate of drug-likeness (QED) is 0.724. The molecule has 102 valence electrons. The van der Waals surface area contributed by atoms with Crippen LogP contribution in [0.4, 0.5) is 5.82 Å². The lowest BCUT2D eigenvalue weighted by atomic mass is 10.1. The first kappa shape index (κ1) is 13.2. The Hall–Kier alpha value is -1.81. The van der Waals surface area contributed by atoms with E-state index in [2.05, 4.69) is 74.9 Å². The van der Waals surface area contributed by atoms with Crippen molar-refractivity contribution in [2.24, 2.45) is 7.05 Å². The molecule has 0 fully saturated rings. The molecule has 0 atom stereocenters. The second kappa shape index (κ2) is 5.29. The normalized spacial score (nSPS) is 10.9. The minimum absolute atomic E-state index is 0.843. The maximum Gasteiger partial charge on any atom is 0.128 e. The number of hydrogen-bond donors (Lipinski definition) is 0. The molecule has 3 aromatic rings. The number of nitrogens with zero attached hydrogens (tertiary/aromatic N) is 3. The molecular weight excluding hydrogens is 314 g/mol. The van der Waals surface area contributed by atoms with Crippen LogP contribution in [0, 0.1) is 0 Å². The van der Waals surface area contributed by atoms with Crippen molar-refractivity contribution in [3.63, 3.8) is 0 Å². The van der Waals surface area contributed by atoms with Crippen LogP contribution in [0.2, 0.25) is 0 Å². The van der Waals surface area contributed by atoms with Crippen LogP contribution in [0.25, 0.3) is 10.9 Å². The Labute approximate surface area is 127 Å². The van der Waals surface area contributed by atoms with Crippen molar-refractivity contribution in [2.75, 3.05) is 11.9 Å². The number of rotatable bonds is 3. The maximum absolute atomic E-state index is 4.43. The first-order chi connectivity index (χ1) is 9.65. The predicted octanol–water partition coefficient (Wildman–Crippen LogP) is 3.97. The molecular formula is C16H16BrN3. The van der Waals surface area contributed by atoms with E-state index < -0.39 is 0 Å². The van der Waals surface area contributed by atoms with Gasteiger partial charge in [-0.3, -0.25) is 0 Å². The Morgan fingerprint density at radius 2 is 2.00 bits per heavy atom. The van der Waals surface area contributed by atoms with E-state index in [9.17, 15) is 0 Å². The predicted molar refractivity (Wildman–Crippen MR) is 87.0 cm³/mol. The molecule has 0 saturated heterocycles. The molecule has 3 rings (SSSR count). The number of aromatic nitrogens is 2. The monoisotopic (exact) mass is 329 g/mol. The van der Waals surface area contributed by atoms with Crippen molar-refractivity contribution >= 4 is 32.7 Å². The number of hydrogen-bond acceptors (Lipinski definition) is 2. The van der Waals surface area contributed by atoms with Gasteiger partial charge in [-0.05, 0) is 39.7 Å². The average molecular weight is 330 g/mol. The van der Waals surface area contributed by atoms with Gasteiger partial charge in [0.1, 0.15) is 5.82 Å². The highest BCUT2D eigenvalue weighted by Crippen LogP contribution is 2.23. The van der Waals surface area contributed by atoms with Crippen LogP contribution < -0.4 is 4.90 Å². The van der Waals surface area contributed by atoms with E-state index in [4.69, 9.17) is 0 Å². The van der Waals surface area contributed by atoms with E-state index in [0.29, 0.717) is 0 Å². The topological polar surface area (TPSA) is 21.1 Å². The molecule has 0 unspecified atom stereocenters. The Morgan fingerprint density at radius 1 is 1.20 bits per heavy atom. The molecule has 0 aliphatic heterocycles. The van der Waals surface area contributed by atoms with Crippen molar-refractivity contribution in [2.45, 2.75) is 6.54 Å². The van der Waals surface area contributed by atoms with Crippen LogP contribution >= 0.6 is 15.9 Å². The fourth-order valence-electron chi connectivity index (χ4n) is 2.48. The number of pyridine rings is 1. The summed E-state index contributed by atoms with van der Waals surface area (Å²) in [5.41, 5.74) is 2.58. The lowest BCUT2D eigenvalue weighted by Gasteiger charge is -2.17. The van der Waals surface area contributed by atoms with Crippen molar-refractivity contribution in [1.29, 1.82) is 0 Å².